The van der Waals surface area contributed by atoms with E-state index >= 15 is 0 Å². The van der Waals surface area contributed by atoms with Crippen LogP contribution in [-0.2, 0) is 10.8 Å². The number of hydrogen-bond donors (Lipinski definition) is 1. The van der Waals surface area contributed by atoms with Gasteiger partial charge in [-0.05, 0) is 91.0 Å². The molecule has 0 aromatic heterocycles. The highest BCUT2D eigenvalue weighted by atomic mass is 79.9. The molecule has 0 fully saturated rings. The second-order valence-corrected chi connectivity index (χ2v) is 14.6. The molecule has 0 saturated heterocycles. The molecule has 2 nitrogen and oxygen atoms in total. The highest BCUT2D eigenvalue weighted by Gasteiger charge is 2.47. The van der Waals surface area contributed by atoms with E-state index in [-0.39, 0.29) is 5.41 Å². The van der Waals surface area contributed by atoms with Crippen LogP contribution in [0.2, 0.25) is 0 Å². The van der Waals surface area contributed by atoms with Crippen molar-refractivity contribution in [2.75, 3.05) is 0 Å². The van der Waals surface area contributed by atoms with Crippen LogP contribution in [0.4, 0.5) is 0 Å². The molecule has 0 heterocycles. The average Bonchev–Trinajstić information content (AvgIpc) is 3.70. The number of hydrogen-bond acceptors (Lipinski definition) is 2. The van der Waals surface area contributed by atoms with Crippen molar-refractivity contribution in [3.05, 3.63) is 255 Å². The summed E-state index contributed by atoms with van der Waals surface area (Å²) in [6, 6.07) is 73.0. The molecule has 0 aliphatic heterocycles. The second-order valence-electron chi connectivity index (χ2n) is 13.7. The van der Waals surface area contributed by atoms with Crippen molar-refractivity contribution in [1.82, 2.24) is 0 Å². The molecular weight excluding hydrogens is 723 g/mol. The van der Waals surface area contributed by atoms with Crippen LogP contribution in [0, 0.1) is 0 Å². The summed E-state index contributed by atoms with van der Waals surface area (Å²) in [4.78, 5) is 0. The summed E-state index contributed by atoms with van der Waals surface area (Å²) < 4.78 is 6.44. The summed E-state index contributed by atoms with van der Waals surface area (Å²) in [5, 5.41) is 9.16. The fourth-order valence-corrected chi connectivity index (χ4v) is 9.34. The minimum absolute atomic E-state index is 0.293. The van der Waals surface area contributed by atoms with E-state index in [4.69, 9.17) is 9.68 Å². The zero-order valence-electron chi connectivity index (χ0n) is 29.4. The molecule has 0 unspecified atom stereocenters. The monoisotopic (exact) mass is 757 g/mol. The summed E-state index contributed by atoms with van der Waals surface area (Å²) in [5.41, 5.74) is 14.4. The molecule has 2 aliphatic rings. The van der Waals surface area contributed by atoms with E-state index in [1.807, 2.05) is 24.3 Å². The minimum Gasteiger partial charge on any atom is -0.537 e. The van der Waals surface area contributed by atoms with Gasteiger partial charge in [0.25, 0.3) is 0 Å². The van der Waals surface area contributed by atoms with Gasteiger partial charge in [0, 0.05) is 4.47 Å². The topological polar surface area (TPSA) is 29.5 Å². The Hall–Kier alpha value is -5.94. The number of benzene rings is 8. The average molecular weight is 759 g/mol. The first kappa shape index (κ1) is 33.9. The summed E-state index contributed by atoms with van der Waals surface area (Å²) in [6.45, 7) is 0. The fourth-order valence-electron chi connectivity index (χ4n) is 8.97. The third-order valence-electron chi connectivity index (χ3n) is 11.0. The van der Waals surface area contributed by atoms with Crippen LogP contribution < -0.4 is 4.65 Å². The van der Waals surface area contributed by atoms with Gasteiger partial charge in [-0.15, -0.1) is 0 Å². The van der Waals surface area contributed by atoms with Gasteiger partial charge in [0.15, 0.2) is 0 Å². The van der Waals surface area contributed by atoms with Crippen LogP contribution in [0.3, 0.4) is 0 Å². The van der Waals surface area contributed by atoms with Gasteiger partial charge in [0.2, 0.25) is 0 Å². The molecule has 4 heteroatoms. The molecule has 8 aromatic carbocycles. The number of halogens is 1. The van der Waals surface area contributed by atoms with Gasteiger partial charge in [-0.2, -0.15) is 0 Å². The summed E-state index contributed by atoms with van der Waals surface area (Å²) in [7, 11) is 0.733. The molecule has 10 rings (SSSR count). The lowest BCUT2D eigenvalue weighted by atomic mass is 9.68. The van der Waals surface area contributed by atoms with E-state index in [1.54, 1.807) is 0 Å². The van der Waals surface area contributed by atoms with Gasteiger partial charge < -0.3 is 9.68 Å². The fraction of sp³-hybridized carbons (Fsp3) is 0.0400. The van der Waals surface area contributed by atoms with Gasteiger partial charge in [-0.1, -0.05) is 198 Å². The number of fused-ring (bicyclic) bond motifs is 6. The third-order valence-corrected chi connectivity index (χ3v) is 11.5. The molecule has 0 spiro atoms. The molecule has 1 radical (unpaired) electrons. The molecule has 0 bridgehead atoms. The minimum atomic E-state index is -0.441. The Morgan fingerprint density at radius 1 is 0.370 bits per heavy atom. The van der Waals surface area contributed by atoms with Gasteiger partial charge in [0.1, 0.15) is 5.75 Å². The van der Waals surface area contributed by atoms with Gasteiger partial charge in [-0.3, -0.25) is 0 Å². The third kappa shape index (κ3) is 5.28. The predicted octanol–water partition coefficient (Wildman–Crippen LogP) is 11.8. The highest BCUT2D eigenvalue weighted by Crippen LogP contribution is 2.58. The first-order chi connectivity index (χ1) is 26.7. The quantitative estimate of drug-likeness (QED) is 0.171. The van der Waals surface area contributed by atoms with Crippen molar-refractivity contribution in [3.8, 4) is 28.0 Å². The van der Waals surface area contributed by atoms with E-state index in [2.05, 4.69) is 198 Å². The van der Waals surface area contributed by atoms with E-state index in [0.717, 1.165) is 17.7 Å². The SMILES string of the molecule is Brc1ccc2c(c1)C(c1ccccc1)(c1ccccc1)c1ccccc1-2.O[B]Oc1ccc2c(c1)C(c1ccccc1)(c1ccccc1)c1ccccc1-2. The summed E-state index contributed by atoms with van der Waals surface area (Å²) in [5.74, 6) is 0.616. The molecule has 1 N–H and O–H groups in total. The van der Waals surface area contributed by atoms with Crippen molar-refractivity contribution in [1.29, 1.82) is 0 Å². The lowest BCUT2D eigenvalue weighted by Crippen LogP contribution is -2.28. The molecule has 257 valence electrons. The Bertz CT molecular complexity index is 2490. The predicted molar refractivity (Wildman–Crippen MR) is 224 cm³/mol. The van der Waals surface area contributed by atoms with Crippen LogP contribution in [0.25, 0.3) is 22.3 Å². The number of rotatable bonds is 6. The molecule has 54 heavy (non-hydrogen) atoms. The van der Waals surface area contributed by atoms with Crippen LogP contribution in [0.1, 0.15) is 44.5 Å². The van der Waals surface area contributed by atoms with Crippen molar-refractivity contribution < 1.29 is 9.68 Å². The van der Waals surface area contributed by atoms with E-state index in [1.165, 1.54) is 61.2 Å². The lowest BCUT2D eigenvalue weighted by Gasteiger charge is -2.34. The Kier molecular flexibility index (Phi) is 8.86. The van der Waals surface area contributed by atoms with E-state index in [0.29, 0.717) is 5.75 Å². The normalized spacial score (nSPS) is 13.7. The Morgan fingerprint density at radius 3 is 1.15 bits per heavy atom. The maximum absolute atomic E-state index is 9.16. The second kappa shape index (κ2) is 14.1. The Balaban J connectivity index is 0.000000143. The maximum atomic E-state index is 9.16. The maximum Gasteiger partial charge on any atom is 0.569 e. The lowest BCUT2D eigenvalue weighted by molar-refractivity contribution is 0.453. The van der Waals surface area contributed by atoms with Crippen LogP contribution in [-0.4, -0.2) is 12.7 Å². The first-order valence-corrected chi connectivity index (χ1v) is 19.0. The zero-order valence-corrected chi connectivity index (χ0v) is 31.0. The summed E-state index contributed by atoms with van der Waals surface area (Å²) >= 11 is 3.71. The molecule has 0 saturated carbocycles. The molecule has 8 aromatic rings. The van der Waals surface area contributed by atoms with Crippen LogP contribution in [0.5, 0.6) is 5.75 Å². The van der Waals surface area contributed by atoms with E-state index < -0.39 is 5.41 Å². The van der Waals surface area contributed by atoms with Crippen LogP contribution in [0.15, 0.2) is 211 Å². The van der Waals surface area contributed by atoms with Crippen LogP contribution >= 0.6 is 15.9 Å². The molecule has 0 atom stereocenters. The smallest absolute Gasteiger partial charge is 0.537 e. The molecule has 0 amide bonds. The largest absolute Gasteiger partial charge is 0.569 e. The molecular formula is C50H35BBrO2. The van der Waals surface area contributed by atoms with Crippen molar-refractivity contribution in [3.63, 3.8) is 0 Å². The van der Waals surface area contributed by atoms with Gasteiger partial charge in [0.05, 0.1) is 10.8 Å². The Morgan fingerprint density at radius 2 is 0.722 bits per heavy atom. The van der Waals surface area contributed by atoms with Gasteiger partial charge in [-0.25, -0.2) is 0 Å². The van der Waals surface area contributed by atoms with Crippen molar-refractivity contribution in [2.24, 2.45) is 0 Å². The molecule has 2 aliphatic carbocycles. The van der Waals surface area contributed by atoms with Crippen molar-refractivity contribution >= 4 is 23.6 Å². The van der Waals surface area contributed by atoms with Gasteiger partial charge >= 0.3 is 7.69 Å². The summed E-state index contributed by atoms with van der Waals surface area (Å²) in [6.07, 6.45) is 0. The van der Waals surface area contributed by atoms with Crippen molar-refractivity contribution in [2.45, 2.75) is 10.8 Å². The Labute approximate surface area is 325 Å². The zero-order chi connectivity index (χ0) is 36.5. The van der Waals surface area contributed by atoms with E-state index in [9.17, 15) is 0 Å². The standard InChI is InChI=1S/C25H18BO2.C25H17Br/c27-26-28-20-15-16-22-21-13-7-8-14-23(21)25(24(22)17-20,18-9-3-1-4-10-18)19-11-5-2-6-12-19;26-20-15-16-22-21-13-7-8-14-23(21)25(24(22)17-20,18-9-3-1-4-10-18)19-11-5-2-6-12-19/h1-17,27H;1-17H. The highest BCUT2D eigenvalue weighted by molar-refractivity contribution is 9.10. The first-order valence-electron chi connectivity index (χ1n) is 18.2.